The van der Waals surface area contributed by atoms with Gasteiger partial charge in [-0.3, -0.25) is 0 Å². The first-order chi connectivity index (χ1) is 8.79. The van der Waals surface area contributed by atoms with Crippen LogP contribution in [0.15, 0.2) is 34.7 Å². The van der Waals surface area contributed by atoms with Crippen LogP contribution in [-0.4, -0.2) is 10.2 Å². The Kier molecular flexibility index (Phi) is 3.20. The summed E-state index contributed by atoms with van der Waals surface area (Å²) < 4.78 is 5.74. The van der Waals surface area contributed by atoms with E-state index in [2.05, 4.69) is 57.3 Å². The first kappa shape index (κ1) is 11.9. The smallest absolute Gasteiger partial charge is 0.230 e. The lowest BCUT2D eigenvalue weighted by molar-refractivity contribution is 0.445. The van der Waals surface area contributed by atoms with Gasteiger partial charge in [0.05, 0.1) is 4.83 Å². The minimum atomic E-state index is 0.174. The summed E-state index contributed by atoms with van der Waals surface area (Å²) in [6.07, 6.45) is 2.07. The van der Waals surface area contributed by atoms with Gasteiger partial charge in [0.15, 0.2) is 0 Å². The second-order valence-corrected chi connectivity index (χ2v) is 5.82. The van der Waals surface area contributed by atoms with Gasteiger partial charge in [0.1, 0.15) is 0 Å². The zero-order chi connectivity index (χ0) is 12.5. The minimum Gasteiger partial charge on any atom is -0.424 e. The first-order valence-electron chi connectivity index (χ1n) is 6.32. The van der Waals surface area contributed by atoms with Crippen LogP contribution in [-0.2, 0) is 0 Å². The lowest BCUT2D eigenvalue weighted by Crippen LogP contribution is -1.86. The summed E-state index contributed by atoms with van der Waals surface area (Å²) in [7, 11) is 0. The monoisotopic (exact) mass is 306 g/mol. The summed E-state index contributed by atoms with van der Waals surface area (Å²) in [6, 6.07) is 10.5. The van der Waals surface area contributed by atoms with Crippen molar-refractivity contribution < 1.29 is 4.42 Å². The summed E-state index contributed by atoms with van der Waals surface area (Å²) in [5.74, 6) is 2.45. The third-order valence-electron chi connectivity index (χ3n) is 3.42. The SMILES string of the molecule is CCC(Br)c1nnc(C2CC2c2ccccc2)o1. The molecule has 0 bridgehead atoms. The molecule has 0 radical (unpaired) electrons. The Morgan fingerprint density at radius 2 is 2.06 bits per heavy atom. The fraction of sp³-hybridized carbons (Fsp3) is 0.429. The Morgan fingerprint density at radius 3 is 2.78 bits per heavy atom. The van der Waals surface area contributed by atoms with Crippen molar-refractivity contribution in [1.82, 2.24) is 10.2 Å². The molecule has 1 aromatic carbocycles. The van der Waals surface area contributed by atoms with Crippen LogP contribution in [0, 0.1) is 0 Å². The van der Waals surface area contributed by atoms with Crippen LogP contribution < -0.4 is 0 Å². The molecule has 3 unspecified atom stereocenters. The Bertz CT molecular complexity index is 526. The predicted molar refractivity (Wildman–Crippen MR) is 72.8 cm³/mol. The Balaban J connectivity index is 1.73. The van der Waals surface area contributed by atoms with Crippen LogP contribution in [0.4, 0.5) is 0 Å². The molecule has 0 saturated heterocycles. The minimum absolute atomic E-state index is 0.174. The van der Waals surface area contributed by atoms with Crippen LogP contribution in [0.25, 0.3) is 0 Å². The quantitative estimate of drug-likeness (QED) is 0.795. The van der Waals surface area contributed by atoms with Crippen molar-refractivity contribution in [2.24, 2.45) is 0 Å². The third-order valence-corrected chi connectivity index (χ3v) is 4.46. The maximum Gasteiger partial charge on any atom is 0.230 e. The number of alkyl halides is 1. The fourth-order valence-electron chi connectivity index (χ4n) is 2.23. The van der Waals surface area contributed by atoms with Crippen LogP contribution in [0.3, 0.4) is 0 Å². The van der Waals surface area contributed by atoms with E-state index in [1.54, 1.807) is 0 Å². The van der Waals surface area contributed by atoms with E-state index in [0.29, 0.717) is 17.7 Å². The summed E-state index contributed by atoms with van der Waals surface area (Å²) in [5, 5.41) is 8.29. The van der Waals surface area contributed by atoms with Crippen molar-refractivity contribution in [3.63, 3.8) is 0 Å². The molecule has 0 amide bonds. The molecule has 3 nitrogen and oxygen atoms in total. The average molecular weight is 307 g/mol. The highest BCUT2D eigenvalue weighted by Crippen LogP contribution is 2.54. The number of benzene rings is 1. The second-order valence-electron chi connectivity index (χ2n) is 4.71. The third kappa shape index (κ3) is 2.21. The molecule has 0 N–H and O–H groups in total. The number of hydrogen-bond donors (Lipinski definition) is 0. The first-order valence-corrected chi connectivity index (χ1v) is 7.23. The van der Waals surface area contributed by atoms with Crippen LogP contribution >= 0.6 is 15.9 Å². The van der Waals surface area contributed by atoms with Gasteiger partial charge in [0, 0.05) is 5.92 Å². The van der Waals surface area contributed by atoms with Gasteiger partial charge < -0.3 is 4.42 Å². The maximum atomic E-state index is 5.74. The summed E-state index contributed by atoms with van der Waals surface area (Å²) >= 11 is 3.53. The van der Waals surface area contributed by atoms with Crippen molar-refractivity contribution in [3.8, 4) is 0 Å². The van der Waals surface area contributed by atoms with Gasteiger partial charge in [-0.1, -0.05) is 53.2 Å². The average Bonchev–Trinajstić information content (AvgIpc) is 3.08. The topological polar surface area (TPSA) is 38.9 Å². The number of rotatable bonds is 4. The molecule has 1 saturated carbocycles. The molecule has 1 aliphatic rings. The predicted octanol–water partition coefficient (Wildman–Crippen LogP) is 4.19. The van der Waals surface area contributed by atoms with E-state index in [9.17, 15) is 0 Å². The Labute approximate surface area is 115 Å². The van der Waals surface area contributed by atoms with Gasteiger partial charge in [0.2, 0.25) is 11.8 Å². The second kappa shape index (κ2) is 4.84. The summed E-state index contributed by atoms with van der Waals surface area (Å²) in [5.41, 5.74) is 1.37. The molecule has 0 aliphatic heterocycles. The molecule has 4 heteroatoms. The molecular weight excluding hydrogens is 292 g/mol. The van der Waals surface area contributed by atoms with Crippen molar-refractivity contribution in [3.05, 3.63) is 47.7 Å². The molecule has 1 aliphatic carbocycles. The van der Waals surface area contributed by atoms with Gasteiger partial charge in [-0.15, -0.1) is 10.2 Å². The maximum absolute atomic E-state index is 5.74. The highest BCUT2D eigenvalue weighted by atomic mass is 79.9. The van der Waals surface area contributed by atoms with E-state index in [-0.39, 0.29) is 4.83 Å². The van der Waals surface area contributed by atoms with E-state index >= 15 is 0 Å². The molecule has 2 aromatic rings. The molecule has 18 heavy (non-hydrogen) atoms. The Morgan fingerprint density at radius 1 is 1.28 bits per heavy atom. The molecule has 94 valence electrons. The summed E-state index contributed by atoms with van der Waals surface area (Å²) in [6.45, 7) is 2.09. The number of aromatic nitrogens is 2. The van der Waals surface area contributed by atoms with Gasteiger partial charge >= 0.3 is 0 Å². The van der Waals surface area contributed by atoms with Crippen LogP contribution in [0.2, 0.25) is 0 Å². The fourth-order valence-corrected chi connectivity index (χ4v) is 2.42. The number of hydrogen-bond acceptors (Lipinski definition) is 3. The van der Waals surface area contributed by atoms with Crippen molar-refractivity contribution in [1.29, 1.82) is 0 Å². The van der Waals surface area contributed by atoms with E-state index in [1.807, 2.05) is 6.07 Å². The van der Waals surface area contributed by atoms with Crippen LogP contribution in [0.5, 0.6) is 0 Å². The van der Waals surface area contributed by atoms with Crippen molar-refractivity contribution >= 4 is 15.9 Å². The molecule has 3 rings (SSSR count). The Hall–Kier alpha value is -1.16. The van der Waals surface area contributed by atoms with Crippen molar-refractivity contribution in [2.45, 2.75) is 36.4 Å². The zero-order valence-corrected chi connectivity index (χ0v) is 11.8. The summed E-state index contributed by atoms with van der Waals surface area (Å²) in [4.78, 5) is 0.174. The van der Waals surface area contributed by atoms with Gasteiger partial charge in [-0.25, -0.2) is 0 Å². The highest BCUT2D eigenvalue weighted by molar-refractivity contribution is 9.09. The normalized spacial score (nSPS) is 23.9. The molecule has 1 fully saturated rings. The largest absolute Gasteiger partial charge is 0.424 e. The number of halogens is 1. The van der Waals surface area contributed by atoms with Gasteiger partial charge in [-0.05, 0) is 24.3 Å². The lowest BCUT2D eigenvalue weighted by Gasteiger charge is -1.98. The van der Waals surface area contributed by atoms with Crippen LogP contribution in [0.1, 0.15) is 53.8 Å². The number of nitrogens with zero attached hydrogens (tertiary/aromatic N) is 2. The van der Waals surface area contributed by atoms with E-state index in [0.717, 1.165) is 18.7 Å². The molecule has 1 aromatic heterocycles. The van der Waals surface area contributed by atoms with Gasteiger partial charge in [-0.2, -0.15) is 0 Å². The van der Waals surface area contributed by atoms with Crippen molar-refractivity contribution in [2.75, 3.05) is 0 Å². The van der Waals surface area contributed by atoms with E-state index < -0.39 is 0 Å². The standard InChI is InChI=1S/C14H15BrN2O/c1-2-12(15)14-17-16-13(18-14)11-8-10(11)9-6-4-3-5-7-9/h3-7,10-12H,2,8H2,1H3. The molecule has 0 spiro atoms. The molecule has 1 heterocycles. The zero-order valence-electron chi connectivity index (χ0n) is 10.2. The molecule has 3 atom stereocenters. The molecular formula is C14H15BrN2O. The highest BCUT2D eigenvalue weighted by Gasteiger charge is 2.43. The van der Waals surface area contributed by atoms with E-state index in [1.165, 1.54) is 5.56 Å². The lowest BCUT2D eigenvalue weighted by atomic mass is 10.1. The van der Waals surface area contributed by atoms with E-state index in [4.69, 9.17) is 4.42 Å². The van der Waals surface area contributed by atoms with Gasteiger partial charge in [0.25, 0.3) is 0 Å².